The Bertz CT molecular complexity index is 747. The van der Waals surface area contributed by atoms with Gasteiger partial charge in [0.25, 0.3) is 0 Å². The number of aryl methyl sites for hydroxylation is 2. The molecule has 24 heavy (non-hydrogen) atoms. The van der Waals surface area contributed by atoms with E-state index >= 15 is 0 Å². The van der Waals surface area contributed by atoms with Crippen LogP contribution in [0.15, 0.2) is 12.3 Å². The average molecular weight is 324 g/mol. The molecule has 1 aliphatic carbocycles. The number of aromatic nitrogens is 4. The first kappa shape index (κ1) is 15.3. The molecule has 126 valence electrons. The zero-order chi connectivity index (χ0) is 16.7. The molecular formula is C18H24N6. The van der Waals surface area contributed by atoms with Crippen molar-refractivity contribution in [1.29, 1.82) is 0 Å². The third kappa shape index (κ3) is 2.92. The van der Waals surface area contributed by atoms with Gasteiger partial charge in [-0.15, -0.1) is 0 Å². The van der Waals surface area contributed by atoms with Crippen molar-refractivity contribution in [2.24, 2.45) is 0 Å². The predicted molar refractivity (Wildman–Crippen MR) is 94.7 cm³/mol. The fourth-order valence-electron chi connectivity index (χ4n) is 3.17. The summed E-state index contributed by atoms with van der Waals surface area (Å²) in [6.45, 7) is 9.97. The van der Waals surface area contributed by atoms with Gasteiger partial charge >= 0.3 is 0 Å². The van der Waals surface area contributed by atoms with Crippen LogP contribution in [0.3, 0.4) is 0 Å². The summed E-state index contributed by atoms with van der Waals surface area (Å²) < 4.78 is 0. The molecule has 3 heterocycles. The maximum Gasteiger partial charge on any atom is 0.225 e. The Labute approximate surface area is 143 Å². The van der Waals surface area contributed by atoms with Crippen LogP contribution in [0.1, 0.15) is 41.5 Å². The minimum absolute atomic E-state index is 0.588. The van der Waals surface area contributed by atoms with E-state index in [1.165, 1.54) is 18.4 Å². The number of piperazine rings is 1. The number of nitrogens with zero attached hydrogens (tertiary/aromatic N) is 6. The van der Waals surface area contributed by atoms with E-state index in [1.807, 2.05) is 19.2 Å². The molecule has 2 fully saturated rings. The summed E-state index contributed by atoms with van der Waals surface area (Å²) in [6, 6.07) is 1.94. The predicted octanol–water partition coefficient (Wildman–Crippen LogP) is 2.40. The van der Waals surface area contributed by atoms with Crippen molar-refractivity contribution >= 4 is 11.8 Å². The van der Waals surface area contributed by atoms with Crippen LogP contribution in [-0.4, -0.2) is 46.1 Å². The fraction of sp³-hybridized carbons (Fsp3) is 0.556. The summed E-state index contributed by atoms with van der Waals surface area (Å²) in [7, 11) is 0. The Morgan fingerprint density at radius 1 is 0.917 bits per heavy atom. The quantitative estimate of drug-likeness (QED) is 0.864. The molecular weight excluding hydrogens is 300 g/mol. The van der Waals surface area contributed by atoms with E-state index in [-0.39, 0.29) is 0 Å². The number of hydrogen-bond acceptors (Lipinski definition) is 6. The number of anilines is 2. The first-order chi connectivity index (χ1) is 11.6. The van der Waals surface area contributed by atoms with Crippen LogP contribution >= 0.6 is 0 Å². The lowest BCUT2D eigenvalue weighted by molar-refractivity contribution is 0.629. The molecule has 0 N–H and O–H groups in total. The Morgan fingerprint density at radius 3 is 2.29 bits per heavy atom. The normalized spacial score (nSPS) is 18.1. The summed E-state index contributed by atoms with van der Waals surface area (Å²) in [5.41, 5.74) is 3.34. The highest BCUT2D eigenvalue weighted by Crippen LogP contribution is 2.39. The van der Waals surface area contributed by atoms with Crippen molar-refractivity contribution in [2.45, 2.75) is 39.5 Å². The summed E-state index contributed by atoms with van der Waals surface area (Å²) in [5.74, 6) is 3.58. The number of rotatable bonds is 3. The van der Waals surface area contributed by atoms with Crippen molar-refractivity contribution in [3.05, 3.63) is 35.0 Å². The van der Waals surface area contributed by atoms with Crippen LogP contribution in [-0.2, 0) is 0 Å². The largest absolute Gasteiger partial charge is 0.353 e. The molecule has 0 aromatic carbocycles. The van der Waals surface area contributed by atoms with E-state index in [9.17, 15) is 0 Å². The van der Waals surface area contributed by atoms with E-state index in [2.05, 4.69) is 33.6 Å². The van der Waals surface area contributed by atoms with Crippen molar-refractivity contribution in [3.8, 4) is 0 Å². The monoisotopic (exact) mass is 324 g/mol. The van der Waals surface area contributed by atoms with Gasteiger partial charge in [0.05, 0.1) is 0 Å². The highest BCUT2D eigenvalue weighted by Gasteiger charge is 2.29. The standard InChI is InChI=1S/C18H24N6/c1-12-6-7-19-18(20-12)24-10-8-23(9-11-24)17-13(2)14(3)21-16(22-17)15-4-5-15/h6-7,15H,4-5,8-11H2,1-3H3. The summed E-state index contributed by atoms with van der Waals surface area (Å²) in [6.07, 6.45) is 4.31. The molecule has 6 nitrogen and oxygen atoms in total. The molecule has 1 saturated carbocycles. The maximum atomic E-state index is 4.90. The second-order valence-electron chi connectivity index (χ2n) is 6.86. The topological polar surface area (TPSA) is 58.0 Å². The zero-order valence-electron chi connectivity index (χ0n) is 14.7. The van der Waals surface area contributed by atoms with E-state index in [0.717, 1.165) is 55.2 Å². The third-order valence-electron chi connectivity index (χ3n) is 4.97. The molecule has 1 saturated heterocycles. The number of hydrogen-bond donors (Lipinski definition) is 0. The van der Waals surface area contributed by atoms with Crippen molar-refractivity contribution < 1.29 is 0 Å². The Morgan fingerprint density at radius 2 is 1.62 bits per heavy atom. The molecule has 6 heteroatoms. The van der Waals surface area contributed by atoms with E-state index in [0.29, 0.717) is 5.92 Å². The molecule has 2 aliphatic rings. The van der Waals surface area contributed by atoms with Crippen molar-refractivity contribution in [2.75, 3.05) is 36.0 Å². The van der Waals surface area contributed by atoms with Gasteiger partial charge in [-0.05, 0) is 39.7 Å². The van der Waals surface area contributed by atoms with Gasteiger partial charge < -0.3 is 9.80 Å². The molecule has 0 bridgehead atoms. The van der Waals surface area contributed by atoms with Crippen LogP contribution in [0, 0.1) is 20.8 Å². The van der Waals surface area contributed by atoms with Crippen LogP contribution in [0.25, 0.3) is 0 Å². The summed E-state index contributed by atoms with van der Waals surface area (Å²) in [5, 5.41) is 0. The highest BCUT2D eigenvalue weighted by molar-refractivity contribution is 5.50. The first-order valence-corrected chi connectivity index (χ1v) is 8.76. The average Bonchev–Trinajstić information content (AvgIpc) is 3.42. The molecule has 0 radical (unpaired) electrons. The molecule has 0 amide bonds. The lowest BCUT2D eigenvalue weighted by Gasteiger charge is -2.36. The minimum Gasteiger partial charge on any atom is -0.353 e. The minimum atomic E-state index is 0.588. The van der Waals surface area contributed by atoms with Gasteiger partial charge in [0.15, 0.2) is 0 Å². The van der Waals surface area contributed by atoms with Gasteiger partial charge in [-0.1, -0.05) is 0 Å². The maximum absolute atomic E-state index is 4.90. The molecule has 2 aromatic heterocycles. The van der Waals surface area contributed by atoms with Crippen LogP contribution in [0.2, 0.25) is 0 Å². The Hall–Kier alpha value is -2.24. The lowest BCUT2D eigenvalue weighted by Crippen LogP contribution is -2.47. The molecule has 2 aromatic rings. The second-order valence-corrected chi connectivity index (χ2v) is 6.86. The molecule has 1 aliphatic heterocycles. The summed E-state index contributed by atoms with van der Waals surface area (Å²) >= 11 is 0. The fourth-order valence-corrected chi connectivity index (χ4v) is 3.17. The van der Waals surface area contributed by atoms with E-state index in [4.69, 9.17) is 9.97 Å². The SMILES string of the molecule is Cc1ccnc(N2CCN(c3nc(C4CC4)nc(C)c3C)CC2)n1. The Kier molecular flexibility index (Phi) is 3.82. The van der Waals surface area contributed by atoms with Crippen LogP contribution in [0.4, 0.5) is 11.8 Å². The van der Waals surface area contributed by atoms with Crippen molar-refractivity contribution in [3.63, 3.8) is 0 Å². The highest BCUT2D eigenvalue weighted by atomic mass is 15.3. The first-order valence-electron chi connectivity index (χ1n) is 8.76. The lowest BCUT2D eigenvalue weighted by atomic mass is 10.2. The van der Waals surface area contributed by atoms with Gasteiger partial charge in [-0.3, -0.25) is 0 Å². The van der Waals surface area contributed by atoms with Gasteiger partial charge in [0.1, 0.15) is 11.6 Å². The van der Waals surface area contributed by atoms with Crippen molar-refractivity contribution in [1.82, 2.24) is 19.9 Å². The smallest absolute Gasteiger partial charge is 0.225 e. The van der Waals surface area contributed by atoms with Gasteiger partial charge in [0.2, 0.25) is 5.95 Å². The van der Waals surface area contributed by atoms with E-state index in [1.54, 1.807) is 0 Å². The molecule has 4 rings (SSSR count). The molecule has 0 spiro atoms. The summed E-state index contributed by atoms with van der Waals surface area (Å²) in [4.78, 5) is 23.2. The second kappa shape index (κ2) is 6.00. The van der Waals surface area contributed by atoms with E-state index < -0.39 is 0 Å². The van der Waals surface area contributed by atoms with Gasteiger partial charge in [0, 0.05) is 55.2 Å². The van der Waals surface area contributed by atoms with Crippen LogP contribution < -0.4 is 9.80 Å². The zero-order valence-corrected chi connectivity index (χ0v) is 14.7. The van der Waals surface area contributed by atoms with Gasteiger partial charge in [-0.25, -0.2) is 19.9 Å². The third-order valence-corrected chi connectivity index (χ3v) is 4.97. The Balaban J connectivity index is 1.51. The molecule has 0 atom stereocenters. The van der Waals surface area contributed by atoms with Crippen LogP contribution in [0.5, 0.6) is 0 Å². The van der Waals surface area contributed by atoms with Gasteiger partial charge in [-0.2, -0.15) is 0 Å². The molecule has 0 unspecified atom stereocenters.